The van der Waals surface area contributed by atoms with Crippen molar-refractivity contribution in [3.05, 3.63) is 83.4 Å². The maximum Gasteiger partial charge on any atom is 0.254 e. The van der Waals surface area contributed by atoms with Gasteiger partial charge in [-0.05, 0) is 60.8 Å². The largest absolute Gasteiger partial charge is 0.493 e. The van der Waals surface area contributed by atoms with Crippen LogP contribution in [0.3, 0.4) is 0 Å². The second-order valence-corrected chi connectivity index (χ2v) is 8.43. The molecule has 2 aliphatic heterocycles. The van der Waals surface area contributed by atoms with Crippen LogP contribution < -0.4 is 24.8 Å². The fraction of sp³-hybridized carbons (Fsp3) is 0.308. The molecule has 7 nitrogen and oxygen atoms in total. The van der Waals surface area contributed by atoms with E-state index in [4.69, 9.17) is 14.2 Å². The first-order valence-electron chi connectivity index (χ1n) is 11.4. The summed E-state index contributed by atoms with van der Waals surface area (Å²) in [5.41, 5.74) is 1.69. The van der Waals surface area contributed by atoms with Crippen LogP contribution in [0.25, 0.3) is 0 Å². The first-order chi connectivity index (χ1) is 16.7. The summed E-state index contributed by atoms with van der Waals surface area (Å²) >= 11 is 0. The number of piperidine rings is 1. The Hall–Kier alpha value is -3.65. The summed E-state index contributed by atoms with van der Waals surface area (Å²) in [6.45, 7) is 2.56. The van der Waals surface area contributed by atoms with Crippen molar-refractivity contribution in [3.8, 4) is 17.2 Å². The molecule has 3 heterocycles. The second-order valence-electron chi connectivity index (χ2n) is 8.43. The van der Waals surface area contributed by atoms with Crippen LogP contribution in [0.5, 0.6) is 17.2 Å². The van der Waals surface area contributed by atoms with E-state index in [1.807, 2.05) is 30.3 Å². The molecule has 2 aromatic carbocycles. The van der Waals surface area contributed by atoms with Crippen molar-refractivity contribution in [2.75, 3.05) is 26.5 Å². The topological polar surface area (TPSA) is 81.7 Å². The third-order valence-electron chi connectivity index (χ3n) is 6.24. The summed E-state index contributed by atoms with van der Waals surface area (Å²) in [7, 11) is 0. The van der Waals surface area contributed by atoms with Gasteiger partial charge in [-0.3, -0.25) is 9.78 Å². The van der Waals surface area contributed by atoms with Gasteiger partial charge in [0.05, 0.1) is 24.4 Å². The molecule has 1 saturated heterocycles. The summed E-state index contributed by atoms with van der Waals surface area (Å²) in [5, 5.41) is 6.18. The zero-order chi connectivity index (χ0) is 23.3. The molecule has 0 bridgehead atoms. The van der Waals surface area contributed by atoms with Crippen molar-refractivity contribution < 1.29 is 23.4 Å². The highest BCUT2D eigenvalue weighted by molar-refractivity contribution is 5.94. The van der Waals surface area contributed by atoms with Crippen molar-refractivity contribution in [1.29, 1.82) is 0 Å². The number of halogens is 1. The van der Waals surface area contributed by atoms with Crippen molar-refractivity contribution >= 4 is 5.91 Å². The number of ether oxygens (including phenoxy) is 3. The summed E-state index contributed by atoms with van der Waals surface area (Å²) in [6, 6.07) is 15.8. The zero-order valence-electron chi connectivity index (χ0n) is 18.6. The number of hydrogen-bond acceptors (Lipinski definition) is 6. The van der Waals surface area contributed by atoms with Crippen LogP contribution in [-0.4, -0.2) is 37.4 Å². The van der Waals surface area contributed by atoms with E-state index in [-0.39, 0.29) is 30.7 Å². The van der Waals surface area contributed by atoms with Gasteiger partial charge in [0.25, 0.3) is 5.91 Å². The molecule has 8 heteroatoms. The Morgan fingerprint density at radius 2 is 2.06 bits per heavy atom. The van der Waals surface area contributed by atoms with Gasteiger partial charge in [0.1, 0.15) is 11.6 Å². The first-order valence-corrected chi connectivity index (χ1v) is 11.4. The summed E-state index contributed by atoms with van der Waals surface area (Å²) in [6.07, 6.45) is 2.53. The van der Waals surface area contributed by atoms with Gasteiger partial charge in [-0.25, -0.2) is 4.39 Å². The van der Waals surface area contributed by atoms with Gasteiger partial charge < -0.3 is 24.8 Å². The van der Waals surface area contributed by atoms with Crippen LogP contribution >= 0.6 is 0 Å². The maximum atomic E-state index is 14.6. The minimum Gasteiger partial charge on any atom is -0.493 e. The monoisotopic (exact) mass is 463 g/mol. The van der Waals surface area contributed by atoms with Gasteiger partial charge in [-0.2, -0.15) is 0 Å². The molecule has 176 valence electrons. The number of hydrogen-bond donors (Lipinski definition) is 2. The van der Waals surface area contributed by atoms with Gasteiger partial charge in [0, 0.05) is 24.7 Å². The van der Waals surface area contributed by atoms with E-state index in [1.165, 1.54) is 6.07 Å². The predicted molar refractivity (Wildman–Crippen MR) is 124 cm³/mol. The number of carbonyl (C=O) groups is 1. The Kier molecular flexibility index (Phi) is 6.58. The predicted octanol–water partition coefficient (Wildman–Crippen LogP) is 3.65. The van der Waals surface area contributed by atoms with Crippen LogP contribution in [-0.2, 0) is 6.54 Å². The smallest absolute Gasteiger partial charge is 0.254 e. The molecule has 0 spiro atoms. The fourth-order valence-electron chi connectivity index (χ4n) is 4.42. The Balaban J connectivity index is 1.27. The lowest BCUT2D eigenvalue weighted by Crippen LogP contribution is -2.38. The van der Waals surface area contributed by atoms with Crippen molar-refractivity contribution in [1.82, 2.24) is 15.6 Å². The number of amides is 1. The molecule has 0 radical (unpaired) electrons. The van der Waals surface area contributed by atoms with E-state index in [1.54, 1.807) is 24.4 Å². The molecular formula is C26H26FN3O4. The standard InChI is InChI=1S/C26H26FN3O4/c27-23-6-4-17(11-22(23)26(31)30-14-19-3-1-2-9-29-19)21-8-10-28-13-18(21)15-32-20-5-7-24-25(12-20)34-16-33-24/h1-7,9,11-12,18,21,28H,8,10,13-16H2,(H,30,31)/t18-,21-/m0/s1. The molecule has 0 saturated carbocycles. The molecule has 1 amide bonds. The molecule has 2 aliphatic rings. The number of pyridine rings is 1. The molecule has 1 fully saturated rings. The fourth-order valence-corrected chi connectivity index (χ4v) is 4.42. The van der Waals surface area contributed by atoms with Crippen LogP contribution in [0.15, 0.2) is 60.8 Å². The van der Waals surface area contributed by atoms with Gasteiger partial charge >= 0.3 is 0 Å². The third kappa shape index (κ3) is 4.97. The quantitative estimate of drug-likeness (QED) is 0.557. The van der Waals surface area contributed by atoms with Gasteiger partial charge in [-0.15, -0.1) is 0 Å². The van der Waals surface area contributed by atoms with E-state index in [2.05, 4.69) is 15.6 Å². The summed E-state index contributed by atoms with van der Waals surface area (Å²) in [4.78, 5) is 16.9. The highest BCUT2D eigenvalue weighted by Crippen LogP contribution is 2.36. The molecule has 2 N–H and O–H groups in total. The van der Waals surface area contributed by atoms with Crippen molar-refractivity contribution in [2.24, 2.45) is 5.92 Å². The van der Waals surface area contributed by atoms with E-state index in [9.17, 15) is 9.18 Å². The lowest BCUT2D eigenvalue weighted by atomic mass is 9.81. The third-order valence-corrected chi connectivity index (χ3v) is 6.24. The molecule has 3 aromatic rings. The number of aromatic nitrogens is 1. The average Bonchev–Trinajstić information content (AvgIpc) is 3.35. The Morgan fingerprint density at radius 3 is 2.94 bits per heavy atom. The number of benzene rings is 2. The molecule has 0 unspecified atom stereocenters. The van der Waals surface area contributed by atoms with E-state index < -0.39 is 11.7 Å². The molecule has 1 aromatic heterocycles. The molecule has 2 atom stereocenters. The van der Waals surface area contributed by atoms with Crippen molar-refractivity contribution in [3.63, 3.8) is 0 Å². The highest BCUT2D eigenvalue weighted by atomic mass is 19.1. The maximum absolute atomic E-state index is 14.6. The van der Waals surface area contributed by atoms with Crippen molar-refractivity contribution in [2.45, 2.75) is 18.9 Å². The Labute approximate surface area is 197 Å². The summed E-state index contributed by atoms with van der Waals surface area (Å²) < 4.78 is 31.4. The van der Waals surface area contributed by atoms with Crippen LogP contribution in [0, 0.1) is 11.7 Å². The highest BCUT2D eigenvalue weighted by Gasteiger charge is 2.28. The number of nitrogens with zero attached hydrogens (tertiary/aromatic N) is 1. The average molecular weight is 464 g/mol. The number of carbonyl (C=O) groups excluding carboxylic acids is 1. The molecule has 5 rings (SSSR count). The van der Waals surface area contributed by atoms with Crippen LogP contribution in [0.1, 0.15) is 34.0 Å². The van der Waals surface area contributed by atoms with Gasteiger partial charge in [0.2, 0.25) is 6.79 Å². The van der Waals surface area contributed by atoms with Gasteiger partial charge in [-0.1, -0.05) is 12.1 Å². The minimum atomic E-state index is -0.538. The number of rotatable bonds is 7. The van der Waals surface area contributed by atoms with E-state index in [0.717, 1.165) is 25.1 Å². The van der Waals surface area contributed by atoms with Gasteiger partial charge in [0.15, 0.2) is 11.5 Å². The van der Waals surface area contributed by atoms with E-state index >= 15 is 0 Å². The Bertz CT molecular complexity index is 1160. The lowest BCUT2D eigenvalue weighted by Gasteiger charge is -2.32. The molecule has 0 aliphatic carbocycles. The lowest BCUT2D eigenvalue weighted by molar-refractivity contribution is 0.0946. The summed E-state index contributed by atoms with van der Waals surface area (Å²) in [5.74, 6) is 1.41. The number of fused-ring (bicyclic) bond motifs is 1. The molecule has 34 heavy (non-hydrogen) atoms. The van der Waals surface area contributed by atoms with Crippen LogP contribution in [0.4, 0.5) is 4.39 Å². The Morgan fingerprint density at radius 1 is 1.15 bits per heavy atom. The SMILES string of the molecule is O=C(NCc1ccccn1)c1cc([C@@H]2CCNC[C@H]2COc2ccc3c(c2)OCO3)ccc1F. The number of nitrogens with one attached hydrogen (secondary N) is 2. The zero-order valence-corrected chi connectivity index (χ0v) is 18.6. The van der Waals surface area contributed by atoms with E-state index in [0.29, 0.717) is 29.5 Å². The van der Waals surface area contributed by atoms with Crippen LogP contribution in [0.2, 0.25) is 0 Å². The minimum absolute atomic E-state index is 0.0439. The normalized spacial score (nSPS) is 19.0. The molecular weight excluding hydrogens is 437 g/mol. The second kappa shape index (κ2) is 10.1. The first kappa shape index (κ1) is 22.2.